The summed E-state index contributed by atoms with van der Waals surface area (Å²) in [6.07, 6.45) is 1.37. The van der Waals surface area contributed by atoms with Crippen LogP contribution in [0.15, 0.2) is 12.1 Å². The topological polar surface area (TPSA) is 98.7 Å². The number of esters is 1. The first kappa shape index (κ1) is 15.2. The van der Waals surface area contributed by atoms with E-state index in [9.17, 15) is 19.3 Å². The van der Waals surface area contributed by atoms with Gasteiger partial charge in [0.05, 0.1) is 23.7 Å². The van der Waals surface area contributed by atoms with E-state index in [1.807, 2.05) is 0 Å². The Morgan fingerprint density at radius 2 is 2.10 bits per heavy atom. The second-order valence-corrected chi connectivity index (χ2v) is 4.89. The Bertz CT molecular complexity index is 571. The molecule has 2 N–H and O–H groups in total. The fraction of sp³-hybridized carbons (Fsp3) is 0.462. The number of hydrogen-bond donors (Lipinski definition) is 1. The number of piperidine rings is 1. The second kappa shape index (κ2) is 6.04. The van der Waals surface area contributed by atoms with Gasteiger partial charge in [-0.25, -0.2) is 9.18 Å². The Labute approximate surface area is 120 Å². The molecule has 1 aliphatic rings. The molecule has 0 amide bonds. The Morgan fingerprint density at radius 1 is 1.48 bits per heavy atom. The molecule has 1 heterocycles. The average molecular weight is 297 g/mol. The number of halogens is 1. The van der Waals surface area contributed by atoms with Crippen molar-refractivity contribution in [3.05, 3.63) is 33.6 Å². The number of benzene rings is 1. The molecule has 0 aliphatic carbocycles. The van der Waals surface area contributed by atoms with Gasteiger partial charge in [-0.3, -0.25) is 10.1 Å². The normalized spacial score (nSPS) is 15.9. The maximum absolute atomic E-state index is 13.8. The molecule has 0 atom stereocenters. The Kier molecular flexibility index (Phi) is 4.37. The van der Waals surface area contributed by atoms with Crippen molar-refractivity contribution < 1.29 is 18.8 Å². The fourth-order valence-corrected chi connectivity index (χ4v) is 2.36. The lowest BCUT2D eigenvalue weighted by molar-refractivity contribution is -0.384. The maximum atomic E-state index is 13.8. The molecule has 1 saturated heterocycles. The SMILES string of the molecule is COC(=O)c1cc(N2CCC(N)CC2)c([N+](=O)[O-])cc1F. The van der Waals surface area contributed by atoms with Gasteiger partial charge in [0.2, 0.25) is 0 Å². The van der Waals surface area contributed by atoms with Crippen LogP contribution in [0.2, 0.25) is 0 Å². The van der Waals surface area contributed by atoms with Crippen molar-refractivity contribution >= 4 is 17.3 Å². The van der Waals surface area contributed by atoms with Crippen molar-refractivity contribution in [2.24, 2.45) is 5.73 Å². The van der Waals surface area contributed by atoms with Gasteiger partial charge < -0.3 is 15.4 Å². The number of anilines is 1. The quantitative estimate of drug-likeness (QED) is 0.515. The van der Waals surface area contributed by atoms with E-state index in [0.717, 1.165) is 13.2 Å². The number of ether oxygens (including phenoxy) is 1. The molecule has 1 aliphatic heterocycles. The van der Waals surface area contributed by atoms with Crippen molar-refractivity contribution in [2.75, 3.05) is 25.1 Å². The van der Waals surface area contributed by atoms with Crippen LogP contribution in [0, 0.1) is 15.9 Å². The summed E-state index contributed by atoms with van der Waals surface area (Å²) in [5.41, 5.74) is 5.34. The molecule has 1 aromatic rings. The molecule has 114 valence electrons. The number of nitro groups is 1. The zero-order valence-corrected chi connectivity index (χ0v) is 11.5. The van der Waals surface area contributed by atoms with Crippen molar-refractivity contribution in [1.82, 2.24) is 0 Å². The van der Waals surface area contributed by atoms with Crippen LogP contribution >= 0.6 is 0 Å². The number of nitro benzene ring substituents is 1. The fourth-order valence-electron chi connectivity index (χ4n) is 2.36. The minimum Gasteiger partial charge on any atom is -0.465 e. The molecule has 0 aromatic heterocycles. The average Bonchev–Trinajstić information content (AvgIpc) is 2.47. The van der Waals surface area contributed by atoms with E-state index >= 15 is 0 Å². The lowest BCUT2D eigenvalue weighted by atomic mass is 10.0. The summed E-state index contributed by atoms with van der Waals surface area (Å²) in [7, 11) is 1.13. The number of nitrogens with two attached hydrogens (primary N) is 1. The third-order valence-electron chi connectivity index (χ3n) is 3.55. The van der Waals surface area contributed by atoms with Gasteiger partial charge in [0.15, 0.2) is 0 Å². The van der Waals surface area contributed by atoms with Gasteiger partial charge in [-0.1, -0.05) is 0 Å². The van der Waals surface area contributed by atoms with Gasteiger partial charge in [0.25, 0.3) is 5.69 Å². The van der Waals surface area contributed by atoms with E-state index in [0.29, 0.717) is 25.9 Å². The van der Waals surface area contributed by atoms with Crippen LogP contribution in [0.25, 0.3) is 0 Å². The molecule has 0 bridgehead atoms. The van der Waals surface area contributed by atoms with Gasteiger partial charge in [-0.2, -0.15) is 0 Å². The summed E-state index contributed by atoms with van der Waals surface area (Å²) in [6, 6.07) is 1.99. The van der Waals surface area contributed by atoms with Crippen LogP contribution in [0.5, 0.6) is 0 Å². The lowest BCUT2D eigenvalue weighted by Gasteiger charge is -2.31. The number of nitrogens with zero attached hydrogens (tertiary/aromatic N) is 2. The number of carbonyl (C=O) groups is 1. The van der Waals surface area contributed by atoms with Crippen molar-refractivity contribution in [3.63, 3.8) is 0 Å². The molecule has 0 spiro atoms. The highest BCUT2D eigenvalue weighted by Gasteiger charge is 2.27. The van der Waals surface area contributed by atoms with Gasteiger partial charge in [0.1, 0.15) is 11.5 Å². The molecule has 0 unspecified atom stereocenters. The molecule has 2 rings (SSSR count). The minimum atomic E-state index is -0.967. The Balaban J connectivity index is 2.45. The van der Waals surface area contributed by atoms with Crippen LogP contribution < -0.4 is 10.6 Å². The molecular weight excluding hydrogens is 281 g/mol. The zero-order chi connectivity index (χ0) is 15.6. The molecule has 0 radical (unpaired) electrons. The van der Waals surface area contributed by atoms with Gasteiger partial charge in [-0.05, 0) is 18.9 Å². The van der Waals surface area contributed by atoms with E-state index in [2.05, 4.69) is 4.74 Å². The van der Waals surface area contributed by atoms with Crippen LogP contribution in [0.1, 0.15) is 23.2 Å². The lowest BCUT2D eigenvalue weighted by Crippen LogP contribution is -2.40. The highest BCUT2D eigenvalue weighted by Crippen LogP contribution is 2.33. The number of carbonyl (C=O) groups excluding carboxylic acids is 1. The smallest absolute Gasteiger partial charge is 0.340 e. The first-order chi connectivity index (χ1) is 9.93. The minimum absolute atomic E-state index is 0.0563. The predicted octanol–water partition coefficient (Wildman–Crippen LogP) is 1.45. The number of rotatable bonds is 3. The molecule has 0 saturated carbocycles. The first-order valence-electron chi connectivity index (χ1n) is 6.50. The summed E-state index contributed by atoms with van der Waals surface area (Å²) < 4.78 is 18.3. The van der Waals surface area contributed by atoms with Gasteiger partial charge in [-0.15, -0.1) is 0 Å². The van der Waals surface area contributed by atoms with E-state index in [-0.39, 0.29) is 23.0 Å². The summed E-state index contributed by atoms with van der Waals surface area (Å²) in [5, 5.41) is 11.1. The van der Waals surface area contributed by atoms with Gasteiger partial charge in [0, 0.05) is 19.1 Å². The highest BCUT2D eigenvalue weighted by atomic mass is 19.1. The Hall–Kier alpha value is -2.22. The maximum Gasteiger partial charge on any atom is 0.340 e. The van der Waals surface area contributed by atoms with Crippen LogP contribution in [-0.4, -0.2) is 37.1 Å². The van der Waals surface area contributed by atoms with E-state index in [1.165, 1.54) is 6.07 Å². The monoisotopic (exact) mass is 297 g/mol. The van der Waals surface area contributed by atoms with E-state index < -0.39 is 16.7 Å². The highest BCUT2D eigenvalue weighted by molar-refractivity contribution is 5.92. The standard InChI is InChI=1S/C13H16FN3O4/c1-21-13(18)9-6-11(12(17(19)20)7-10(9)14)16-4-2-8(15)3-5-16/h6-8H,2-5,15H2,1H3. The molecule has 1 fully saturated rings. The predicted molar refractivity (Wildman–Crippen MR) is 73.8 cm³/mol. The zero-order valence-electron chi connectivity index (χ0n) is 11.5. The molecule has 21 heavy (non-hydrogen) atoms. The largest absolute Gasteiger partial charge is 0.465 e. The van der Waals surface area contributed by atoms with Crippen molar-refractivity contribution in [3.8, 4) is 0 Å². The van der Waals surface area contributed by atoms with Crippen LogP contribution in [-0.2, 0) is 4.74 Å². The Morgan fingerprint density at radius 3 is 2.62 bits per heavy atom. The molecular formula is C13H16FN3O4. The van der Waals surface area contributed by atoms with Crippen LogP contribution in [0.3, 0.4) is 0 Å². The molecule has 1 aromatic carbocycles. The second-order valence-electron chi connectivity index (χ2n) is 4.89. The first-order valence-corrected chi connectivity index (χ1v) is 6.50. The third-order valence-corrected chi connectivity index (χ3v) is 3.55. The molecule has 8 heteroatoms. The van der Waals surface area contributed by atoms with Crippen LogP contribution in [0.4, 0.5) is 15.8 Å². The molecule has 7 nitrogen and oxygen atoms in total. The summed E-state index contributed by atoms with van der Waals surface area (Å²) in [5.74, 6) is -1.83. The van der Waals surface area contributed by atoms with Crippen molar-refractivity contribution in [2.45, 2.75) is 18.9 Å². The summed E-state index contributed by atoms with van der Waals surface area (Å²) in [6.45, 7) is 1.04. The van der Waals surface area contributed by atoms with Crippen molar-refractivity contribution in [1.29, 1.82) is 0 Å². The van der Waals surface area contributed by atoms with E-state index in [4.69, 9.17) is 5.73 Å². The summed E-state index contributed by atoms with van der Waals surface area (Å²) >= 11 is 0. The third kappa shape index (κ3) is 3.10. The number of hydrogen-bond acceptors (Lipinski definition) is 6. The number of methoxy groups -OCH3 is 1. The van der Waals surface area contributed by atoms with Gasteiger partial charge >= 0.3 is 5.97 Å². The summed E-state index contributed by atoms with van der Waals surface area (Å²) in [4.78, 5) is 23.7. The van der Waals surface area contributed by atoms with E-state index in [1.54, 1.807) is 4.90 Å².